The zero-order valence-electron chi connectivity index (χ0n) is 15.2. The van der Waals surface area contributed by atoms with Crippen LogP contribution in [-0.2, 0) is 24.7 Å². The Morgan fingerprint density at radius 1 is 1.40 bits per heavy atom. The van der Waals surface area contributed by atoms with Gasteiger partial charge >= 0.3 is 0 Å². The summed E-state index contributed by atoms with van der Waals surface area (Å²) in [6.07, 6.45) is 1.28. The second-order valence-electron chi connectivity index (χ2n) is 6.40. The molecule has 0 aliphatic carbocycles. The third-order valence-corrected chi connectivity index (χ3v) is 4.75. The average Bonchev–Trinajstić information content (AvgIpc) is 3.01. The number of aromatic nitrogens is 2. The van der Waals surface area contributed by atoms with E-state index in [9.17, 15) is 4.79 Å². The van der Waals surface area contributed by atoms with E-state index >= 15 is 0 Å². The van der Waals surface area contributed by atoms with Crippen LogP contribution in [0.1, 0.15) is 29.9 Å². The van der Waals surface area contributed by atoms with E-state index in [0.717, 1.165) is 42.2 Å². The van der Waals surface area contributed by atoms with Crippen LogP contribution in [0.2, 0.25) is 0 Å². The smallest absolute Gasteiger partial charge is 0.228 e. The molecule has 6 nitrogen and oxygen atoms in total. The average molecular weight is 342 g/mol. The Labute approximate surface area is 148 Å². The lowest BCUT2D eigenvalue weighted by Gasteiger charge is -2.34. The number of nitrogens with zero attached hydrogens (tertiary/aromatic N) is 3. The molecule has 0 bridgehead atoms. The quantitative estimate of drug-likeness (QED) is 0.899. The normalized spacial score (nSPS) is 17.6. The van der Waals surface area contributed by atoms with Crippen molar-refractivity contribution in [1.29, 1.82) is 0 Å². The molecule has 0 saturated carbocycles. The first-order valence-corrected chi connectivity index (χ1v) is 8.77. The Morgan fingerprint density at radius 2 is 2.24 bits per heavy atom. The summed E-state index contributed by atoms with van der Waals surface area (Å²) in [4.78, 5) is 14.7. The van der Waals surface area contributed by atoms with E-state index in [1.807, 2.05) is 40.9 Å². The number of hydrogen-bond donors (Lipinski definition) is 1. The molecule has 0 radical (unpaired) electrons. The van der Waals surface area contributed by atoms with Crippen molar-refractivity contribution in [2.24, 2.45) is 7.05 Å². The van der Waals surface area contributed by atoms with E-state index < -0.39 is 0 Å². The van der Waals surface area contributed by atoms with Gasteiger partial charge in [-0.3, -0.25) is 9.48 Å². The van der Waals surface area contributed by atoms with Crippen molar-refractivity contribution in [2.45, 2.75) is 25.8 Å². The van der Waals surface area contributed by atoms with Gasteiger partial charge in [0.25, 0.3) is 0 Å². The largest absolute Gasteiger partial charge is 0.497 e. The summed E-state index contributed by atoms with van der Waals surface area (Å²) in [5.41, 5.74) is 3.14. The fourth-order valence-corrected chi connectivity index (χ4v) is 3.23. The standard InChI is InChI=1S/C19H26N4O2/c1-4-15-11-16(22(2)21-15)12-19(24)23-9-8-20-18(13-23)14-6-5-7-17(10-14)25-3/h5-7,10-11,18,20H,4,8-9,12-13H2,1-3H3. The van der Waals surface area contributed by atoms with Gasteiger partial charge in [-0.05, 0) is 30.2 Å². The number of aryl methyl sites for hydroxylation is 2. The van der Waals surface area contributed by atoms with Gasteiger partial charge < -0.3 is 15.0 Å². The van der Waals surface area contributed by atoms with Crippen molar-refractivity contribution >= 4 is 5.91 Å². The van der Waals surface area contributed by atoms with Gasteiger partial charge in [0, 0.05) is 32.4 Å². The van der Waals surface area contributed by atoms with E-state index in [0.29, 0.717) is 13.0 Å². The third kappa shape index (κ3) is 4.02. The van der Waals surface area contributed by atoms with Gasteiger partial charge in [0.05, 0.1) is 25.3 Å². The zero-order valence-corrected chi connectivity index (χ0v) is 15.2. The van der Waals surface area contributed by atoms with Crippen LogP contribution in [0.15, 0.2) is 30.3 Å². The highest BCUT2D eigenvalue weighted by molar-refractivity contribution is 5.78. The van der Waals surface area contributed by atoms with Crippen molar-refractivity contribution < 1.29 is 9.53 Å². The topological polar surface area (TPSA) is 59.4 Å². The predicted molar refractivity (Wildman–Crippen MR) is 96.6 cm³/mol. The van der Waals surface area contributed by atoms with Crippen LogP contribution in [-0.4, -0.2) is 47.3 Å². The van der Waals surface area contributed by atoms with Gasteiger partial charge in [-0.2, -0.15) is 5.10 Å². The first-order chi connectivity index (χ1) is 12.1. The minimum Gasteiger partial charge on any atom is -0.497 e. The summed E-state index contributed by atoms with van der Waals surface area (Å²) < 4.78 is 7.12. The molecule has 1 amide bonds. The monoisotopic (exact) mass is 342 g/mol. The molecule has 1 aliphatic rings. The first kappa shape index (κ1) is 17.5. The van der Waals surface area contributed by atoms with E-state index in [4.69, 9.17) is 4.74 Å². The molecule has 3 rings (SSSR count). The number of piperazine rings is 1. The molecular formula is C19H26N4O2. The lowest BCUT2D eigenvalue weighted by atomic mass is 10.0. The maximum Gasteiger partial charge on any atom is 0.228 e. The lowest BCUT2D eigenvalue weighted by Crippen LogP contribution is -2.48. The van der Waals surface area contributed by atoms with Crippen LogP contribution in [0.3, 0.4) is 0 Å². The van der Waals surface area contributed by atoms with Gasteiger partial charge in [-0.25, -0.2) is 0 Å². The Balaban J connectivity index is 1.67. The molecule has 1 fully saturated rings. The fraction of sp³-hybridized carbons (Fsp3) is 0.474. The number of methoxy groups -OCH3 is 1. The van der Waals surface area contributed by atoms with Crippen LogP contribution >= 0.6 is 0 Å². The Kier molecular flexibility index (Phi) is 5.38. The van der Waals surface area contributed by atoms with Gasteiger partial charge in [0.2, 0.25) is 5.91 Å². The Morgan fingerprint density at radius 3 is 2.96 bits per heavy atom. The van der Waals surface area contributed by atoms with E-state index in [-0.39, 0.29) is 11.9 Å². The van der Waals surface area contributed by atoms with Crippen LogP contribution < -0.4 is 10.1 Å². The highest BCUT2D eigenvalue weighted by Gasteiger charge is 2.25. The number of hydrogen-bond acceptors (Lipinski definition) is 4. The summed E-state index contributed by atoms with van der Waals surface area (Å²) in [7, 11) is 3.57. The second-order valence-corrected chi connectivity index (χ2v) is 6.40. The van der Waals surface area contributed by atoms with Crippen LogP contribution in [0.25, 0.3) is 0 Å². The maximum absolute atomic E-state index is 12.7. The second kappa shape index (κ2) is 7.70. The minimum atomic E-state index is 0.130. The summed E-state index contributed by atoms with van der Waals surface area (Å²) in [5, 5.41) is 7.92. The summed E-state index contributed by atoms with van der Waals surface area (Å²) in [5.74, 6) is 0.991. The molecule has 2 aromatic rings. The minimum absolute atomic E-state index is 0.130. The van der Waals surface area contributed by atoms with Crippen molar-refractivity contribution in [1.82, 2.24) is 20.0 Å². The SMILES string of the molecule is CCc1cc(CC(=O)N2CCNC(c3cccc(OC)c3)C2)n(C)n1. The molecule has 2 heterocycles. The number of carbonyl (C=O) groups excluding carboxylic acids is 1. The molecule has 0 spiro atoms. The van der Waals surface area contributed by atoms with Crippen LogP contribution in [0, 0.1) is 0 Å². The third-order valence-electron chi connectivity index (χ3n) is 4.75. The number of nitrogens with one attached hydrogen (secondary N) is 1. The number of carbonyl (C=O) groups is 1. The molecule has 1 saturated heterocycles. The molecular weight excluding hydrogens is 316 g/mol. The highest BCUT2D eigenvalue weighted by atomic mass is 16.5. The van der Waals surface area contributed by atoms with Gasteiger partial charge in [-0.15, -0.1) is 0 Å². The van der Waals surface area contributed by atoms with Crippen LogP contribution in [0.5, 0.6) is 5.75 Å². The molecule has 1 aromatic heterocycles. The summed E-state index contributed by atoms with van der Waals surface area (Å²) >= 11 is 0. The Hall–Kier alpha value is -2.34. The van der Waals surface area contributed by atoms with Crippen molar-refractivity contribution in [2.75, 3.05) is 26.7 Å². The van der Waals surface area contributed by atoms with E-state index in [2.05, 4.69) is 23.4 Å². The zero-order chi connectivity index (χ0) is 17.8. The van der Waals surface area contributed by atoms with Gasteiger partial charge in [0.15, 0.2) is 0 Å². The van der Waals surface area contributed by atoms with Crippen molar-refractivity contribution in [3.63, 3.8) is 0 Å². The summed E-state index contributed by atoms with van der Waals surface area (Å²) in [6.45, 7) is 4.27. The molecule has 1 unspecified atom stereocenters. The lowest BCUT2D eigenvalue weighted by molar-refractivity contribution is -0.131. The van der Waals surface area contributed by atoms with Crippen molar-refractivity contribution in [3.8, 4) is 5.75 Å². The molecule has 6 heteroatoms. The molecule has 1 atom stereocenters. The first-order valence-electron chi connectivity index (χ1n) is 8.77. The molecule has 134 valence electrons. The van der Waals surface area contributed by atoms with E-state index in [1.54, 1.807) is 7.11 Å². The summed E-state index contributed by atoms with van der Waals surface area (Å²) in [6, 6.07) is 10.2. The van der Waals surface area contributed by atoms with Gasteiger partial charge in [-0.1, -0.05) is 19.1 Å². The predicted octanol–water partition coefficient (Wildman–Crippen LogP) is 1.71. The van der Waals surface area contributed by atoms with Crippen molar-refractivity contribution in [3.05, 3.63) is 47.3 Å². The number of amides is 1. The maximum atomic E-state index is 12.7. The Bertz CT molecular complexity index is 741. The highest BCUT2D eigenvalue weighted by Crippen LogP contribution is 2.22. The number of rotatable bonds is 5. The molecule has 25 heavy (non-hydrogen) atoms. The van der Waals surface area contributed by atoms with E-state index in [1.165, 1.54) is 0 Å². The number of ether oxygens (including phenoxy) is 1. The number of benzene rings is 1. The fourth-order valence-electron chi connectivity index (χ4n) is 3.23. The molecule has 1 N–H and O–H groups in total. The van der Waals surface area contributed by atoms with Crippen LogP contribution in [0.4, 0.5) is 0 Å². The molecule has 1 aromatic carbocycles. The molecule has 1 aliphatic heterocycles. The van der Waals surface area contributed by atoms with Gasteiger partial charge in [0.1, 0.15) is 5.75 Å².